The van der Waals surface area contributed by atoms with Crippen LogP contribution in [0.3, 0.4) is 0 Å². The number of ether oxygens (including phenoxy) is 3. The largest absolute Gasteiger partial charge is 0.493 e. The smallest absolute Gasteiger partial charge is 0.176 e. The fourth-order valence-electron chi connectivity index (χ4n) is 3.71. The molecule has 1 aromatic heterocycles. The summed E-state index contributed by atoms with van der Waals surface area (Å²) in [6.07, 6.45) is 2.09. The van der Waals surface area contributed by atoms with Crippen LogP contribution in [0, 0.1) is 6.92 Å². The molecule has 0 radical (unpaired) electrons. The second kappa shape index (κ2) is 8.54. The lowest BCUT2D eigenvalue weighted by Gasteiger charge is -2.11. The van der Waals surface area contributed by atoms with Crippen LogP contribution in [0.25, 0.3) is 22.3 Å². The highest BCUT2D eigenvalue weighted by molar-refractivity contribution is 5.92. The molecule has 0 saturated carbocycles. The van der Waals surface area contributed by atoms with E-state index in [-0.39, 0.29) is 0 Å². The Labute approximate surface area is 177 Å². The molecular weight excluding hydrogens is 376 g/mol. The molecule has 0 unspecified atom stereocenters. The van der Waals surface area contributed by atoms with Crippen molar-refractivity contribution in [2.24, 2.45) is 0 Å². The van der Waals surface area contributed by atoms with Gasteiger partial charge < -0.3 is 18.6 Å². The highest BCUT2D eigenvalue weighted by atomic mass is 16.5. The van der Waals surface area contributed by atoms with E-state index in [1.165, 1.54) is 5.56 Å². The van der Waals surface area contributed by atoms with Crippen molar-refractivity contribution in [3.05, 3.63) is 71.8 Å². The average molecular weight is 402 g/mol. The van der Waals surface area contributed by atoms with Crippen molar-refractivity contribution >= 4 is 11.0 Å². The summed E-state index contributed by atoms with van der Waals surface area (Å²) in [5.41, 5.74) is 4.04. The number of furan rings is 1. The van der Waals surface area contributed by atoms with Crippen LogP contribution in [0.15, 0.2) is 65.1 Å². The maximum absolute atomic E-state index is 6.28. The molecule has 3 aromatic carbocycles. The van der Waals surface area contributed by atoms with Gasteiger partial charge in [0, 0.05) is 16.5 Å². The first-order valence-corrected chi connectivity index (χ1v) is 10.2. The van der Waals surface area contributed by atoms with Gasteiger partial charge in [0.1, 0.15) is 11.5 Å². The van der Waals surface area contributed by atoms with Gasteiger partial charge >= 0.3 is 0 Å². The van der Waals surface area contributed by atoms with Crippen LogP contribution in [0.4, 0.5) is 0 Å². The van der Waals surface area contributed by atoms with Crippen molar-refractivity contribution in [1.29, 1.82) is 0 Å². The summed E-state index contributed by atoms with van der Waals surface area (Å²) in [5.74, 6) is 3.64. The standard InChI is InChI=1S/C26H26O4/c1-5-9-18-14-21-17(2)25(30-26(21)24(15-18)28-4)19-12-13-22(23(16-19)27-3)29-20-10-7-6-8-11-20/h6-8,10-16H,5,9H2,1-4H3. The summed E-state index contributed by atoms with van der Waals surface area (Å²) < 4.78 is 23.5. The first kappa shape index (κ1) is 19.9. The van der Waals surface area contributed by atoms with Crippen LogP contribution >= 0.6 is 0 Å². The molecule has 0 amide bonds. The molecule has 0 atom stereocenters. The van der Waals surface area contributed by atoms with E-state index in [0.717, 1.165) is 52.2 Å². The van der Waals surface area contributed by atoms with Gasteiger partial charge in [-0.25, -0.2) is 0 Å². The van der Waals surface area contributed by atoms with E-state index in [1.807, 2.05) is 48.5 Å². The maximum atomic E-state index is 6.28. The molecule has 154 valence electrons. The normalized spacial score (nSPS) is 10.9. The lowest BCUT2D eigenvalue weighted by molar-refractivity contribution is 0.379. The van der Waals surface area contributed by atoms with Gasteiger partial charge in [-0.2, -0.15) is 0 Å². The van der Waals surface area contributed by atoms with Crippen molar-refractivity contribution in [1.82, 2.24) is 0 Å². The van der Waals surface area contributed by atoms with Gasteiger partial charge in [-0.05, 0) is 61.4 Å². The lowest BCUT2D eigenvalue weighted by Crippen LogP contribution is -1.91. The Balaban J connectivity index is 1.77. The zero-order valence-corrected chi connectivity index (χ0v) is 17.8. The molecule has 0 fully saturated rings. The summed E-state index contributed by atoms with van der Waals surface area (Å²) in [7, 11) is 3.32. The number of hydrogen-bond acceptors (Lipinski definition) is 4. The molecule has 0 bridgehead atoms. The van der Waals surface area contributed by atoms with E-state index in [0.29, 0.717) is 11.5 Å². The minimum absolute atomic E-state index is 0.648. The monoisotopic (exact) mass is 402 g/mol. The molecule has 0 aliphatic carbocycles. The maximum Gasteiger partial charge on any atom is 0.176 e. The third-order valence-electron chi connectivity index (χ3n) is 5.22. The number of methoxy groups -OCH3 is 2. The number of fused-ring (bicyclic) bond motifs is 1. The summed E-state index contributed by atoms with van der Waals surface area (Å²) in [5, 5.41) is 1.08. The number of para-hydroxylation sites is 1. The molecule has 1 heterocycles. The van der Waals surface area contributed by atoms with E-state index in [9.17, 15) is 0 Å². The molecule has 0 aliphatic rings. The second-order valence-corrected chi connectivity index (χ2v) is 7.26. The summed E-state index contributed by atoms with van der Waals surface area (Å²) in [6.45, 7) is 4.26. The van der Waals surface area contributed by atoms with Gasteiger partial charge in [-0.1, -0.05) is 31.5 Å². The SMILES string of the molecule is CCCc1cc(OC)c2oc(-c3ccc(Oc4ccccc4)c(OC)c3)c(C)c2c1. The molecule has 0 N–H and O–H groups in total. The average Bonchev–Trinajstić information content (AvgIpc) is 3.11. The van der Waals surface area contributed by atoms with Crippen LogP contribution < -0.4 is 14.2 Å². The third kappa shape index (κ3) is 3.73. The zero-order chi connectivity index (χ0) is 21.1. The molecule has 4 heteroatoms. The van der Waals surface area contributed by atoms with E-state index in [4.69, 9.17) is 18.6 Å². The fourth-order valence-corrected chi connectivity index (χ4v) is 3.71. The van der Waals surface area contributed by atoms with Crippen molar-refractivity contribution in [3.8, 4) is 34.3 Å². The van der Waals surface area contributed by atoms with Crippen molar-refractivity contribution in [2.75, 3.05) is 14.2 Å². The van der Waals surface area contributed by atoms with Gasteiger partial charge in [0.05, 0.1) is 14.2 Å². The molecule has 4 nitrogen and oxygen atoms in total. The van der Waals surface area contributed by atoms with E-state index >= 15 is 0 Å². The fraction of sp³-hybridized carbons (Fsp3) is 0.231. The minimum atomic E-state index is 0.648. The Morgan fingerprint density at radius 2 is 1.60 bits per heavy atom. The van der Waals surface area contributed by atoms with Crippen molar-refractivity contribution in [3.63, 3.8) is 0 Å². The first-order valence-electron chi connectivity index (χ1n) is 10.2. The van der Waals surface area contributed by atoms with Gasteiger partial charge in [-0.3, -0.25) is 0 Å². The second-order valence-electron chi connectivity index (χ2n) is 7.26. The molecular formula is C26H26O4. The Kier molecular flexibility index (Phi) is 5.66. The summed E-state index contributed by atoms with van der Waals surface area (Å²) in [6, 6.07) is 19.8. The molecule has 4 aromatic rings. The Morgan fingerprint density at radius 1 is 0.833 bits per heavy atom. The highest BCUT2D eigenvalue weighted by Gasteiger charge is 2.18. The highest BCUT2D eigenvalue weighted by Crippen LogP contribution is 2.41. The summed E-state index contributed by atoms with van der Waals surface area (Å²) in [4.78, 5) is 0. The van der Waals surface area contributed by atoms with Gasteiger partial charge in [0.15, 0.2) is 22.8 Å². The third-order valence-corrected chi connectivity index (χ3v) is 5.22. The molecule has 0 saturated heterocycles. The number of aryl methyl sites for hydroxylation is 2. The van der Waals surface area contributed by atoms with Crippen LogP contribution in [-0.2, 0) is 6.42 Å². The minimum Gasteiger partial charge on any atom is -0.493 e. The van der Waals surface area contributed by atoms with Crippen LogP contribution in [0.5, 0.6) is 23.0 Å². The van der Waals surface area contributed by atoms with Crippen LogP contribution in [-0.4, -0.2) is 14.2 Å². The topological polar surface area (TPSA) is 40.8 Å². The lowest BCUT2D eigenvalue weighted by atomic mass is 10.0. The number of benzene rings is 3. The van der Waals surface area contributed by atoms with Crippen LogP contribution in [0.1, 0.15) is 24.5 Å². The Morgan fingerprint density at radius 3 is 2.30 bits per heavy atom. The number of rotatable bonds is 7. The summed E-state index contributed by atoms with van der Waals surface area (Å²) >= 11 is 0. The van der Waals surface area contributed by atoms with Crippen molar-refractivity contribution in [2.45, 2.75) is 26.7 Å². The quantitative estimate of drug-likeness (QED) is 0.328. The zero-order valence-electron chi connectivity index (χ0n) is 17.8. The number of hydrogen-bond donors (Lipinski definition) is 0. The van der Waals surface area contributed by atoms with Gasteiger partial charge in [-0.15, -0.1) is 0 Å². The van der Waals surface area contributed by atoms with E-state index in [1.54, 1.807) is 14.2 Å². The Bertz CT molecular complexity index is 1160. The van der Waals surface area contributed by atoms with Crippen LogP contribution in [0.2, 0.25) is 0 Å². The van der Waals surface area contributed by atoms with Gasteiger partial charge in [0.25, 0.3) is 0 Å². The molecule has 30 heavy (non-hydrogen) atoms. The first-order chi connectivity index (χ1) is 14.6. The Hall–Kier alpha value is -3.40. The predicted octanol–water partition coefficient (Wildman–Crippen LogP) is 7.17. The van der Waals surface area contributed by atoms with E-state index < -0.39 is 0 Å². The molecule has 0 aliphatic heterocycles. The molecule has 4 rings (SSSR count). The van der Waals surface area contributed by atoms with E-state index in [2.05, 4.69) is 26.0 Å². The predicted molar refractivity (Wildman–Crippen MR) is 120 cm³/mol. The molecule has 0 spiro atoms. The van der Waals surface area contributed by atoms with Crippen molar-refractivity contribution < 1.29 is 18.6 Å². The van der Waals surface area contributed by atoms with Gasteiger partial charge in [0.2, 0.25) is 0 Å².